The second kappa shape index (κ2) is 9.19. The van der Waals surface area contributed by atoms with Crippen LogP contribution in [0.5, 0.6) is 5.75 Å². The van der Waals surface area contributed by atoms with E-state index in [2.05, 4.69) is 10.5 Å². The molecule has 204 valence electrons. The highest BCUT2D eigenvalue weighted by Crippen LogP contribution is 2.44. The molecule has 2 N–H and O–H groups in total. The molecular weight excluding hydrogens is 518 g/mol. The number of nitrogens with zero attached hydrogens (tertiary/aromatic N) is 3. The Labute approximate surface area is 220 Å². The van der Waals surface area contributed by atoms with Crippen molar-refractivity contribution in [2.45, 2.75) is 43.7 Å². The molecule has 0 unspecified atom stereocenters. The summed E-state index contributed by atoms with van der Waals surface area (Å²) in [4.78, 5) is 46.9. The first-order chi connectivity index (χ1) is 18.7. The number of benzene rings is 1. The number of carbonyl (C=O) groups is 2. The fourth-order valence-electron chi connectivity index (χ4n) is 5.17. The van der Waals surface area contributed by atoms with Crippen molar-refractivity contribution in [2.24, 2.45) is 5.16 Å². The summed E-state index contributed by atoms with van der Waals surface area (Å²) in [5.41, 5.74) is -2.93. The first-order valence-electron chi connectivity index (χ1n) is 12.4. The van der Waals surface area contributed by atoms with Gasteiger partial charge >= 0.3 is 0 Å². The molecule has 2 aromatic rings. The number of hydrogen-bond donors (Lipinski definition) is 2. The average molecular weight is 542 g/mol. The number of ether oxygens (including phenoxy) is 2. The minimum Gasteiger partial charge on any atom is -0.503 e. The van der Waals surface area contributed by atoms with E-state index < -0.39 is 51.8 Å². The molecule has 5 heterocycles. The number of amides is 2. The van der Waals surface area contributed by atoms with Crippen LogP contribution in [-0.2, 0) is 20.9 Å². The van der Waals surface area contributed by atoms with Crippen molar-refractivity contribution < 1.29 is 37.8 Å². The van der Waals surface area contributed by atoms with Gasteiger partial charge in [-0.1, -0.05) is 17.3 Å². The van der Waals surface area contributed by atoms with E-state index in [1.807, 2.05) is 0 Å². The van der Waals surface area contributed by atoms with Gasteiger partial charge in [-0.25, -0.2) is 8.78 Å². The molecular formula is C26H24F2N4O7. The molecule has 6 rings (SSSR count). The third-order valence-corrected chi connectivity index (χ3v) is 7.45. The molecule has 1 fully saturated rings. The fourth-order valence-corrected chi connectivity index (χ4v) is 5.17. The topological polar surface area (TPSA) is 132 Å². The first kappa shape index (κ1) is 25.0. The van der Waals surface area contributed by atoms with Crippen molar-refractivity contribution in [3.05, 3.63) is 75.2 Å². The number of hydrogen-bond acceptors (Lipinski definition) is 8. The summed E-state index contributed by atoms with van der Waals surface area (Å²) in [7, 11) is 0. The van der Waals surface area contributed by atoms with Crippen LogP contribution in [0.1, 0.15) is 45.8 Å². The fraction of sp³-hybridized carbons (Fsp3) is 0.385. The predicted molar refractivity (Wildman–Crippen MR) is 130 cm³/mol. The normalized spacial score (nSPS) is 25.5. The molecule has 39 heavy (non-hydrogen) atoms. The average Bonchev–Trinajstić information content (AvgIpc) is 3.24. The van der Waals surface area contributed by atoms with Crippen LogP contribution in [0.15, 0.2) is 46.5 Å². The molecule has 3 atom stereocenters. The zero-order valence-electron chi connectivity index (χ0n) is 20.7. The first-order valence-corrected chi connectivity index (χ1v) is 12.4. The van der Waals surface area contributed by atoms with E-state index in [0.717, 1.165) is 6.07 Å². The van der Waals surface area contributed by atoms with Crippen LogP contribution in [0.3, 0.4) is 0 Å². The third kappa shape index (κ3) is 4.13. The molecule has 2 amide bonds. The molecule has 1 aromatic heterocycles. The molecule has 1 spiro atoms. The SMILES string of the molecule is C[C@H]1C=C[C@]2(CC(OC3COC3)=NO2)[C@H]2CN1C(=O)c1c(O)c(=O)c(C(=O)NCc3ccc(F)cc3F)cn12. The van der Waals surface area contributed by atoms with E-state index >= 15 is 0 Å². The molecule has 4 aliphatic heterocycles. The van der Waals surface area contributed by atoms with E-state index in [0.29, 0.717) is 25.2 Å². The van der Waals surface area contributed by atoms with Gasteiger partial charge in [0, 0.05) is 37.0 Å². The van der Waals surface area contributed by atoms with Crippen molar-refractivity contribution in [3.8, 4) is 5.75 Å². The van der Waals surface area contributed by atoms with Gasteiger partial charge in [0.1, 0.15) is 23.3 Å². The lowest BCUT2D eigenvalue weighted by Gasteiger charge is -2.41. The molecule has 2 bridgehead atoms. The number of aromatic nitrogens is 1. The zero-order chi connectivity index (χ0) is 27.5. The van der Waals surface area contributed by atoms with Gasteiger partial charge in [-0.15, -0.1) is 0 Å². The number of fused-ring (bicyclic) bond motifs is 5. The van der Waals surface area contributed by atoms with Gasteiger partial charge in [0.25, 0.3) is 11.8 Å². The molecule has 0 saturated carbocycles. The Morgan fingerprint density at radius 3 is 2.82 bits per heavy atom. The highest BCUT2D eigenvalue weighted by molar-refractivity contribution is 5.99. The zero-order valence-corrected chi connectivity index (χ0v) is 20.7. The maximum absolute atomic E-state index is 14.0. The van der Waals surface area contributed by atoms with Crippen LogP contribution in [0, 0.1) is 11.6 Å². The molecule has 1 saturated heterocycles. The molecule has 0 aliphatic carbocycles. The molecule has 1 aromatic carbocycles. The lowest BCUT2D eigenvalue weighted by Crippen LogP contribution is -2.52. The number of rotatable bonds is 4. The summed E-state index contributed by atoms with van der Waals surface area (Å²) >= 11 is 0. The Morgan fingerprint density at radius 1 is 1.31 bits per heavy atom. The number of nitrogens with one attached hydrogen (secondary N) is 1. The second-order valence-corrected chi connectivity index (χ2v) is 9.95. The summed E-state index contributed by atoms with van der Waals surface area (Å²) < 4.78 is 39.6. The summed E-state index contributed by atoms with van der Waals surface area (Å²) in [6.45, 7) is 2.46. The van der Waals surface area contributed by atoms with Crippen LogP contribution in [-0.4, -0.2) is 69.8 Å². The maximum atomic E-state index is 14.0. The van der Waals surface area contributed by atoms with Crippen molar-refractivity contribution in [1.82, 2.24) is 14.8 Å². The quantitative estimate of drug-likeness (QED) is 0.561. The van der Waals surface area contributed by atoms with E-state index in [-0.39, 0.29) is 42.9 Å². The predicted octanol–water partition coefficient (Wildman–Crippen LogP) is 1.61. The maximum Gasteiger partial charge on any atom is 0.275 e. The Bertz CT molecular complexity index is 1500. The van der Waals surface area contributed by atoms with Gasteiger partial charge < -0.3 is 34.2 Å². The minimum atomic E-state index is -1.13. The number of aromatic hydroxyl groups is 1. The van der Waals surface area contributed by atoms with E-state index in [1.54, 1.807) is 19.1 Å². The van der Waals surface area contributed by atoms with Gasteiger partial charge in [0.2, 0.25) is 11.3 Å². The smallest absolute Gasteiger partial charge is 0.275 e. The number of oxime groups is 1. The standard InChI is InChI=1S/C26H24F2N4O7/c1-13-4-5-26(7-20(30-39-26)38-16-11-37-12-16)19-10-31(13)25(36)21-23(34)22(33)17(9-32(19)21)24(35)29-8-14-2-3-15(27)6-18(14)28/h2-6,9,13,16,19,34H,7-8,10-12H2,1H3,(H,29,35)/t13-,19+,26-/m0/s1. The second-order valence-electron chi connectivity index (χ2n) is 9.95. The van der Waals surface area contributed by atoms with Crippen molar-refractivity contribution in [3.63, 3.8) is 0 Å². The minimum absolute atomic E-state index is 0.000552. The van der Waals surface area contributed by atoms with Crippen LogP contribution >= 0.6 is 0 Å². The van der Waals surface area contributed by atoms with Crippen LogP contribution in [0.2, 0.25) is 0 Å². The Balaban J connectivity index is 1.35. The molecule has 11 nitrogen and oxygen atoms in total. The Hall–Kier alpha value is -4.26. The van der Waals surface area contributed by atoms with Crippen LogP contribution in [0.25, 0.3) is 0 Å². The van der Waals surface area contributed by atoms with E-state index in [1.165, 1.54) is 21.7 Å². The molecule has 13 heteroatoms. The van der Waals surface area contributed by atoms with Crippen molar-refractivity contribution >= 4 is 17.7 Å². The number of carbonyl (C=O) groups excluding carboxylic acids is 2. The van der Waals surface area contributed by atoms with Crippen LogP contribution < -0.4 is 10.7 Å². The largest absolute Gasteiger partial charge is 0.503 e. The monoisotopic (exact) mass is 542 g/mol. The summed E-state index contributed by atoms with van der Waals surface area (Å²) in [5.74, 6) is -3.67. The van der Waals surface area contributed by atoms with E-state index in [4.69, 9.17) is 14.3 Å². The van der Waals surface area contributed by atoms with Crippen LogP contribution in [0.4, 0.5) is 8.78 Å². The highest BCUT2D eigenvalue weighted by atomic mass is 19.1. The lowest BCUT2D eigenvalue weighted by molar-refractivity contribution is -0.0868. The van der Waals surface area contributed by atoms with Gasteiger partial charge in [-0.3, -0.25) is 14.4 Å². The highest BCUT2D eigenvalue weighted by Gasteiger charge is 2.53. The number of pyridine rings is 1. The van der Waals surface area contributed by atoms with Gasteiger partial charge in [0.05, 0.1) is 25.7 Å². The number of halogens is 2. The van der Waals surface area contributed by atoms with Gasteiger partial charge in [-0.05, 0) is 19.1 Å². The molecule has 4 aliphatic rings. The van der Waals surface area contributed by atoms with Gasteiger partial charge in [-0.2, -0.15) is 0 Å². The summed E-state index contributed by atoms with van der Waals surface area (Å²) in [6.07, 6.45) is 4.83. The Morgan fingerprint density at radius 2 is 2.10 bits per heavy atom. The molecule has 0 radical (unpaired) electrons. The third-order valence-electron chi connectivity index (χ3n) is 7.45. The summed E-state index contributed by atoms with van der Waals surface area (Å²) in [6, 6.07) is 1.82. The van der Waals surface area contributed by atoms with Crippen molar-refractivity contribution in [1.29, 1.82) is 0 Å². The van der Waals surface area contributed by atoms with Crippen molar-refractivity contribution in [2.75, 3.05) is 19.8 Å². The Kier molecular flexibility index (Phi) is 5.90. The van der Waals surface area contributed by atoms with E-state index in [9.17, 15) is 28.3 Å². The van der Waals surface area contributed by atoms with Gasteiger partial charge in [0.15, 0.2) is 17.0 Å². The lowest BCUT2D eigenvalue weighted by atomic mass is 9.88. The summed E-state index contributed by atoms with van der Waals surface area (Å²) in [5, 5.41) is 17.4.